The fourth-order valence-corrected chi connectivity index (χ4v) is 1.59. The second-order valence-electron chi connectivity index (χ2n) is 4.37. The third kappa shape index (κ3) is 5.73. The monoisotopic (exact) mass is 280 g/mol. The molecular formula is C15H20O5. The quantitative estimate of drug-likeness (QED) is 0.775. The van der Waals surface area contributed by atoms with Gasteiger partial charge in [0.2, 0.25) is 0 Å². The molecule has 0 saturated carbocycles. The van der Waals surface area contributed by atoms with Crippen molar-refractivity contribution in [2.45, 2.75) is 39.2 Å². The second kappa shape index (κ2) is 8.19. The molecule has 0 saturated heterocycles. The number of ether oxygens (including phenoxy) is 2. The van der Waals surface area contributed by atoms with Crippen molar-refractivity contribution in [2.75, 3.05) is 6.61 Å². The molecule has 1 aromatic rings. The van der Waals surface area contributed by atoms with Crippen LogP contribution in [-0.2, 0) is 25.5 Å². The van der Waals surface area contributed by atoms with Gasteiger partial charge in [-0.1, -0.05) is 26.0 Å². The Morgan fingerprint density at radius 1 is 1.10 bits per heavy atom. The first kappa shape index (κ1) is 16.0. The lowest BCUT2D eigenvalue weighted by molar-refractivity contribution is -0.158. The van der Waals surface area contributed by atoms with Gasteiger partial charge >= 0.3 is 11.9 Å². The van der Waals surface area contributed by atoms with E-state index in [1.807, 2.05) is 0 Å². The number of hydrogen-bond donors (Lipinski definition) is 1. The highest BCUT2D eigenvalue weighted by atomic mass is 16.6. The predicted octanol–water partition coefficient (Wildman–Crippen LogP) is 2.21. The molecule has 0 aromatic heterocycles. The van der Waals surface area contributed by atoms with Crippen molar-refractivity contribution in [2.24, 2.45) is 0 Å². The van der Waals surface area contributed by atoms with Crippen molar-refractivity contribution in [3.05, 3.63) is 29.8 Å². The zero-order valence-electron chi connectivity index (χ0n) is 11.8. The fourth-order valence-electron chi connectivity index (χ4n) is 1.59. The molecule has 0 aliphatic carbocycles. The molecule has 0 spiro atoms. The Balaban J connectivity index is 2.63. The van der Waals surface area contributed by atoms with Gasteiger partial charge in [-0.05, 0) is 17.7 Å². The molecule has 110 valence electrons. The molecule has 0 heterocycles. The Kier molecular flexibility index (Phi) is 6.56. The largest absolute Gasteiger partial charge is 0.508 e. The number of benzene rings is 1. The number of hydrogen-bond acceptors (Lipinski definition) is 5. The third-order valence-electron chi connectivity index (χ3n) is 2.71. The maximum atomic E-state index is 11.4. The van der Waals surface area contributed by atoms with Crippen molar-refractivity contribution in [3.8, 4) is 5.75 Å². The first-order chi connectivity index (χ1) is 9.55. The number of phenols is 1. The number of rotatable bonds is 7. The van der Waals surface area contributed by atoms with Crippen LogP contribution in [0, 0.1) is 0 Å². The first-order valence-corrected chi connectivity index (χ1v) is 6.68. The van der Waals surface area contributed by atoms with Gasteiger partial charge in [0.25, 0.3) is 0 Å². The van der Waals surface area contributed by atoms with E-state index in [9.17, 15) is 14.7 Å². The number of carbonyl (C=O) groups excluding carboxylic acids is 2. The van der Waals surface area contributed by atoms with Crippen LogP contribution in [0.4, 0.5) is 0 Å². The molecule has 0 radical (unpaired) electrons. The van der Waals surface area contributed by atoms with Crippen LogP contribution in [0.1, 0.15) is 32.3 Å². The van der Waals surface area contributed by atoms with Gasteiger partial charge in [-0.15, -0.1) is 0 Å². The predicted molar refractivity (Wildman–Crippen MR) is 73.2 cm³/mol. The van der Waals surface area contributed by atoms with Crippen LogP contribution in [0.15, 0.2) is 24.3 Å². The SMILES string of the molecule is CCC(=O)OC[C@@H](Cc1ccc(O)cc1)OC(=O)CC. The summed E-state index contributed by atoms with van der Waals surface area (Å²) in [6.45, 7) is 3.45. The van der Waals surface area contributed by atoms with Crippen molar-refractivity contribution >= 4 is 11.9 Å². The van der Waals surface area contributed by atoms with E-state index in [0.29, 0.717) is 6.42 Å². The van der Waals surface area contributed by atoms with Crippen LogP contribution in [-0.4, -0.2) is 29.8 Å². The second-order valence-corrected chi connectivity index (χ2v) is 4.37. The number of carbonyl (C=O) groups is 2. The maximum absolute atomic E-state index is 11.4. The molecule has 0 aliphatic rings. The summed E-state index contributed by atoms with van der Waals surface area (Å²) in [5.41, 5.74) is 0.893. The summed E-state index contributed by atoms with van der Waals surface area (Å²) in [5.74, 6) is -0.483. The lowest BCUT2D eigenvalue weighted by Gasteiger charge is -2.17. The highest BCUT2D eigenvalue weighted by Crippen LogP contribution is 2.13. The molecule has 0 amide bonds. The summed E-state index contributed by atoms with van der Waals surface area (Å²) in [5, 5.41) is 9.23. The van der Waals surface area contributed by atoms with Gasteiger partial charge in [0.15, 0.2) is 0 Å². The van der Waals surface area contributed by atoms with Crippen molar-refractivity contribution in [3.63, 3.8) is 0 Å². The van der Waals surface area contributed by atoms with Crippen molar-refractivity contribution in [1.29, 1.82) is 0 Å². The van der Waals surface area contributed by atoms with E-state index in [-0.39, 0.29) is 37.1 Å². The lowest BCUT2D eigenvalue weighted by atomic mass is 10.1. The summed E-state index contributed by atoms with van der Waals surface area (Å²) in [4.78, 5) is 22.6. The number of esters is 2. The van der Waals surface area contributed by atoms with Gasteiger partial charge in [-0.3, -0.25) is 9.59 Å². The molecular weight excluding hydrogens is 260 g/mol. The van der Waals surface area contributed by atoms with E-state index < -0.39 is 6.10 Å². The van der Waals surface area contributed by atoms with Crippen LogP contribution in [0.3, 0.4) is 0 Å². The van der Waals surface area contributed by atoms with Crippen molar-refractivity contribution in [1.82, 2.24) is 0 Å². The van der Waals surface area contributed by atoms with Gasteiger partial charge < -0.3 is 14.6 Å². The normalized spacial score (nSPS) is 11.7. The van der Waals surface area contributed by atoms with Gasteiger partial charge in [-0.2, -0.15) is 0 Å². The summed E-state index contributed by atoms with van der Waals surface area (Å²) < 4.78 is 10.3. The molecule has 20 heavy (non-hydrogen) atoms. The summed E-state index contributed by atoms with van der Waals surface area (Å²) >= 11 is 0. The van der Waals surface area contributed by atoms with Crippen LogP contribution >= 0.6 is 0 Å². The molecule has 0 fully saturated rings. The van der Waals surface area contributed by atoms with Crippen LogP contribution in [0.2, 0.25) is 0 Å². The molecule has 0 bridgehead atoms. The third-order valence-corrected chi connectivity index (χ3v) is 2.71. The molecule has 0 aliphatic heterocycles. The molecule has 5 nitrogen and oxygen atoms in total. The Labute approximate surface area is 118 Å². The molecule has 1 atom stereocenters. The number of aromatic hydroxyl groups is 1. The van der Waals surface area contributed by atoms with E-state index in [2.05, 4.69) is 0 Å². The highest BCUT2D eigenvalue weighted by molar-refractivity contribution is 5.70. The zero-order chi connectivity index (χ0) is 15.0. The average molecular weight is 280 g/mol. The molecule has 1 N–H and O–H groups in total. The fraction of sp³-hybridized carbons (Fsp3) is 0.467. The van der Waals surface area contributed by atoms with Crippen LogP contribution in [0.5, 0.6) is 5.75 Å². The Bertz CT molecular complexity index is 438. The van der Waals surface area contributed by atoms with Gasteiger partial charge in [0.1, 0.15) is 18.5 Å². The van der Waals surface area contributed by atoms with Crippen LogP contribution < -0.4 is 0 Å². The maximum Gasteiger partial charge on any atom is 0.305 e. The van der Waals surface area contributed by atoms with E-state index in [0.717, 1.165) is 5.56 Å². The molecule has 1 aromatic carbocycles. The minimum atomic E-state index is -0.512. The molecule has 0 unspecified atom stereocenters. The van der Waals surface area contributed by atoms with Gasteiger partial charge in [-0.25, -0.2) is 0 Å². The Morgan fingerprint density at radius 3 is 2.25 bits per heavy atom. The minimum absolute atomic E-state index is 0.0410. The summed E-state index contributed by atoms with van der Waals surface area (Å²) in [6.07, 6.45) is 0.479. The van der Waals surface area contributed by atoms with Gasteiger partial charge in [0, 0.05) is 19.3 Å². The summed E-state index contributed by atoms with van der Waals surface area (Å²) in [7, 11) is 0. The average Bonchev–Trinajstić information content (AvgIpc) is 2.46. The zero-order valence-corrected chi connectivity index (χ0v) is 11.8. The summed E-state index contributed by atoms with van der Waals surface area (Å²) in [6, 6.07) is 6.60. The van der Waals surface area contributed by atoms with E-state index >= 15 is 0 Å². The molecule has 1 rings (SSSR count). The standard InChI is InChI=1S/C15H20O5/c1-3-14(17)19-10-13(20-15(18)4-2)9-11-5-7-12(16)8-6-11/h5-8,13,16H,3-4,9-10H2,1-2H3/t13-/m1/s1. The highest BCUT2D eigenvalue weighted by Gasteiger charge is 2.16. The number of phenolic OH excluding ortho intramolecular Hbond substituents is 1. The minimum Gasteiger partial charge on any atom is -0.508 e. The first-order valence-electron chi connectivity index (χ1n) is 6.68. The topological polar surface area (TPSA) is 72.8 Å². The van der Waals surface area contributed by atoms with E-state index in [1.165, 1.54) is 0 Å². The molecule has 5 heteroatoms. The lowest BCUT2D eigenvalue weighted by Crippen LogP contribution is -2.27. The Morgan fingerprint density at radius 2 is 1.70 bits per heavy atom. The van der Waals surface area contributed by atoms with E-state index in [4.69, 9.17) is 9.47 Å². The van der Waals surface area contributed by atoms with Crippen LogP contribution in [0.25, 0.3) is 0 Å². The Hall–Kier alpha value is -2.04. The smallest absolute Gasteiger partial charge is 0.305 e. The van der Waals surface area contributed by atoms with E-state index in [1.54, 1.807) is 38.1 Å². The van der Waals surface area contributed by atoms with Crippen molar-refractivity contribution < 1.29 is 24.2 Å². The van der Waals surface area contributed by atoms with Gasteiger partial charge in [0.05, 0.1) is 0 Å².